The van der Waals surface area contributed by atoms with Gasteiger partial charge in [-0.05, 0) is 29.4 Å². The zero-order chi connectivity index (χ0) is 15.6. The number of benzene rings is 1. The van der Waals surface area contributed by atoms with Crippen LogP contribution in [0.15, 0.2) is 24.3 Å². The fourth-order valence-corrected chi connectivity index (χ4v) is 2.06. The molecule has 21 heavy (non-hydrogen) atoms. The third kappa shape index (κ3) is 7.07. The van der Waals surface area contributed by atoms with Gasteiger partial charge in [0.25, 0.3) is 0 Å². The minimum absolute atomic E-state index is 0.267. The molecule has 3 heteroatoms. The van der Waals surface area contributed by atoms with Gasteiger partial charge in [-0.1, -0.05) is 45.0 Å². The van der Waals surface area contributed by atoms with Gasteiger partial charge >= 0.3 is 0 Å². The number of ether oxygens (including phenoxy) is 2. The van der Waals surface area contributed by atoms with Crippen LogP contribution >= 0.6 is 0 Å². The Morgan fingerprint density at radius 1 is 1.00 bits per heavy atom. The van der Waals surface area contributed by atoms with Crippen molar-refractivity contribution in [2.75, 3.05) is 40.0 Å². The van der Waals surface area contributed by atoms with Crippen molar-refractivity contribution in [2.45, 2.75) is 39.0 Å². The van der Waals surface area contributed by atoms with E-state index in [-0.39, 0.29) is 5.41 Å². The molecule has 0 aliphatic rings. The van der Waals surface area contributed by atoms with Crippen molar-refractivity contribution < 1.29 is 9.47 Å². The van der Waals surface area contributed by atoms with Gasteiger partial charge < -0.3 is 14.8 Å². The van der Waals surface area contributed by atoms with E-state index in [1.54, 1.807) is 7.11 Å². The first-order chi connectivity index (χ1) is 10.1. The van der Waals surface area contributed by atoms with Gasteiger partial charge in [-0.25, -0.2) is 0 Å². The predicted octanol–water partition coefficient (Wildman–Crippen LogP) is 3.17. The highest BCUT2D eigenvalue weighted by molar-refractivity contribution is 5.28. The van der Waals surface area contributed by atoms with Crippen molar-refractivity contribution >= 4 is 0 Å². The Kier molecular flexibility index (Phi) is 8.58. The molecule has 0 unspecified atom stereocenters. The summed E-state index contributed by atoms with van der Waals surface area (Å²) in [6.07, 6.45) is 2.14. The lowest BCUT2D eigenvalue weighted by atomic mass is 9.82. The highest BCUT2D eigenvalue weighted by Gasteiger charge is 2.17. The first kappa shape index (κ1) is 18.1. The monoisotopic (exact) mass is 293 g/mol. The van der Waals surface area contributed by atoms with Crippen LogP contribution in [0.4, 0.5) is 0 Å². The van der Waals surface area contributed by atoms with Gasteiger partial charge in [-0.2, -0.15) is 0 Å². The molecule has 0 amide bonds. The van der Waals surface area contributed by atoms with Gasteiger partial charge in [-0.3, -0.25) is 0 Å². The number of hydrogen-bond donors (Lipinski definition) is 1. The third-order valence-electron chi connectivity index (χ3n) is 4.06. The van der Waals surface area contributed by atoms with E-state index in [0.717, 1.165) is 45.8 Å². The topological polar surface area (TPSA) is 30.5 Å². The summed E-state index contributed by atoms with van der Waals surface area (Å²) in [5.74, 6) is 0. The third-order valence-corrected chi connectivity index (χ3v) is 4.06. The van der Waals surface area contributed by atoms with Crippen molar-refractivity contribution in [1.82, 2.24) is 5.32 Å². The van der Waals surface area contributed by atoms with Crippen molar-refractivity contribution in [3.8, 4) is 0 Å². The van der Waals surface area contributed by atoms with Crippen molar-refractivity contribution in [2.24, 2.45) is 0 Å². The van der Waals surface area contributed by atoms with E-state index in [2.05, 4.69) is 50.4 Å². The minimum Gasteiger partial charge on any atom is -0.383 e. The molecule has 0 aromatic heterocycles. The van der Waals surface area contributed by atoms with E-state index in [1.165, 1.54) is 11.1 Å². The summed E-state index contributed by atoms with van der Waals surface area (Å²) >= 11 is 0. The average molecular weight is 293 g/mol. The molecule has 0 atom stereocenters. The van der Waals surface area contributed by atoms with Gasteiger partial charge in [0.05, 0.1) is 19.8 Å². The van der Waals surface area contributed by atoms with E-state index < -0.39 is 0 Å². The van der Waals surface area contributed by atoms with Crippen LogP contribution in [-0.4, -0.2) is 40.0 Å². The highest BCUT2D eigenvalue weighted by atomic mass is 16.5. The molecule has 0 saturated heterocycles. The van der Waals surface area contributed by atoms with Crippen molar-refractivity contribution in [3.05, 3.63) is 35.4 Å². The largest absolute Gasteiger partial charge is 0.383 e. The van der Waals surface area contributed by atoms with Gasteiger partial charge in [0, 0.05) is 20.2 Å². The molecule has 0 spiro atoms. The van der Waals surface area contributed by atoms with E-state index in [1.807, 2.05) is 0 Å². The second-order valence-electron chi connectivity index (χ2n) is 6.04. The molecule has 1 N–H and O–H groups in total. The Morgan fingerprint density at radius 2 is 1.67 bits per heavy atom. The predicted molar refractivity (Wildman–Crippen MR) is 89.0 cm³/mol. The fourth-order valence-electron chi connectivity index (χ4n) is 2.06. The van der Waals surface area contributed by atoms with Gasteiger partial charge in [0.1, 0.15) is 0 Å². The molecule has 0 saturated carbocycles. The molecule has 1 rings (SSSR count). The summed E-state index contributed by atoms with van der Waals surface area (Å²) in [7, 11) is 1.71. The lowest BCUT2D eigenvalue weighted by molar-refractivity contribution is 0.135. The summed E-state index contributed by atoms with van der Waals surface area (Å²) in [5, 5.41) is 3.27. The van der Waals surface area contributed by atoms with Crippen LogP contribution in [0.3, 0.4) is 0 Å². The first-order valence-electron chi connectivity index (χ1n) is 7.97. The van der Waals surface area contributed by atoms with Crippen LogP contribution < -0.4 is 5.32 Å². The summed E-state index contributed by atoms with van der Waals surface area (Å²) in [4.78, 5) is 0. The summed E-state index contributed by atoms with van der Waals surface area (Å²) in [6.45, 7) is 10.9. The number of nitrogens with one attached hydrogen (secondary N) is 1. The van der Waals surface area contributed by atoms with E-state index in [0.29, 0.717) is 0 Å². The van der Waals surface area contributed by atoms with Crippen LogP contribution in [0.25, 0.3) is 0 Å². The standard InChI is InChI=1S/C18H31NO2/c1-5-18(2,3)17-8-6-16(7-9-17)10-13-21-15-12-19-11-14-20-4/h6-9,19H,5,10-15H2,1-4H3. The minimum atomic E-state index is 0.267. The molecule has 120 valence electrons. The normalized spacial score (nSPS) is 11.8. The molecule has 0 fully saturated rings. The Morgan fingerprint density at radius 3 is 2.29 bits per heavy atom. The van der Waals surface area contributed by atoms with Crippen LogP contribution in [0, 0.1) is 0 Å². The zero-order valence-electron chi connectivity index (χ0n) is 14.1. The molecule has 0 bridgehead atoms. The highest BCUT2D eigenvalue weighted by Crippen LogP contribution is 2.26. The van der Waals surface area contributed by atoms with Crippen LogP contribution in [-0.2, 0) is 21.3 Å². The fraction of sp³-hybridized carbons (Fsp3) is 0.667. The maximum absolute atomic E-state index is 5.63. The second kappa shape index (κ2) is 9.93. The molecular weight excluding hydrogens is 262 g/mol. The van der Waals surface area contributed by atoms with Crippen LogP contribution in [0.2, 0.25) is 0 Å². The van der Waals surface area contributed by atoms with E-state index >= 15 is 0 Å². The molecule has 3 nitrogen and oxygen atoms in total. The number of methoxy groups -OCH3 is 1. The molecular formula is C18H31NO2. The second-order valence-corrected chi connectivity index (χ2v) is 6.04. The SMILES string of the molecule is CCC(C)(C)c1ccc(CCOCCNCCOC)cc1. The molecule has 0 aliphatic carbocycles. The van der Waals surface area contributed by atoms with Gasteiger partial charge in [0.2, 0.25) is 0 Å². The Labute approximate surface area is 130 Å². The molecule has 0 radical (unpaired) electrons. The number of hydrogen-bond acceptors (Lipinski definition) is 3. The molecule has 1 aromatic carbocycles. The summed E-state index contributed by atoms with van der Waals surface area (Å²) < 4.78 is 10.6. The molecule has 0 heterocycles. The Bertz CT molecular complexity index is 373. The van der Waals surface area contributed by atoms with Gasteiger partial charge in [-0.15, -0.1) is 0 Å². The molecule has 0 aliphatic heterocycles. The van der Waals surface area contributed by atoms with Crippen LogP contribution in [0.1, 0.15) is 38.3 Å². The van der Waals surface area contributed by atoms with Crippen LogP contribution in [0.5, 0.6) is 0 Å². The molecule has 1 aromatic rings. The van der Waals surface area contributed by atoms with E-state index in [9.17, 15) is 0 Å². The maximum Gasteiger partial charge on any atom is 0.0591 e. The Balaban J connectivity index is 2.18. The lowest BCUT2D eigenvalue weighted by Crippen LogP contribution is -2.23. The van der Waals surface area contributed by atoms with Crippen molar-refractivity contribution in [1.29, 1.82) is 0 Å². The maximum atomic E-state index is 5.63. The number of rotatable bonds is 11. The quantitative estimate of drug-likeness (QED) is 0.636. The van der Waals surface area contributed by atoms with E-state index in [4.69, 9.17) is 9.47 Å². The van der Waals surface area contributed by atoms with Crippen molar-refractivity contribution in [3.63, 3.8) is 0 Å². The lowest BCUT2D eigenvalue weighted by Gasteiger charge is -2.23. The smallest absolute Gasteiger partial charge is 0.0591 e. The van der Waals surface area contributed by atoms with Gasteiger partial charge in [0.15, 0.2) is 0 Å². The average Bonchev–Trinajstić information content (AvgIpc) is 2.50. The Hall–Kier alpha value is -0.900. The summed E-state index contributed by atoms with van der Waals surface area (Å²) in [5.41, 5.74) is 3.03. The first-order valence-corrected chi connectivity index (χ1v) is 7.97. The zero-order valence-corrected chi connectivity index (χ0v) is 14.1. The summed E-state index contributed by atoms with van der Waals surface area (Å²) in [6, 6.07) is 8.97.